The van der Waals surface area contributed by atoms with Gasteiger partial charge in [0.15, 0.2) is 0 Å². The fourth-order valence-electron chi connectivity index (χ4n) is 6.04. The molecular weight excluding hydrogens is 487 g/mol. The number of hydrogen-bond donors (Lipinski definition) is 0. The van der Waals surface area contributed by atoms with Gasteiger partial charge in [0.25, 0.3) is 0 Å². The Morgan fingerprint density at radius 1 is 0.711 bits per heavy atom. The van der Waals surface area contributed by atoms with Crippen LogP contribution in [0.2, 0.25) is 0 Å². The van der Waals surface area contributed by atoms with Crippen LogP contribution in [0.5, 0.6) is 0 Å². The first-order chi connectivity index (χ1) is 17.5. The van der Waals surface area contributed by atoms with Gasteiger partial charge in [-0.1, -0.05) is 87.4 Å². The number of benzene rings is 3. The smallest absolute Gasteiger partial charge is 0.248 e. The van der Waals surface area contributed by atoms with Gasteiger partial charge in [-0.15, -0.1) is 0 Å². The molecule has 0 aromatic heterocycles. The lowest BCUT2D eigenvalue weighted by Gasteiger charge is -2.24. The monoisotopic (exact) mass is 530 g/mol. The van der Waals surface area contributed by atoms with Gasteiger partial charge in [0.1, 0.15) is 0 Å². The second-order valence-electron chi connectivity index (χ2n) is 12.5. The first-order valence-electron chi connectivity index (χ1n) is 13.5. The Hall–Kier alpha value is -2.77. The zero-order valence-electron chi connectivity index (χ0n) is 24.8. The predicted octanol–water partition coefficient (Wildman–Crippen LogP) is 8.82. The summed E-state index contributed by atoms with van der Waals surface area (Å²) >= 11 is 0. The minimum Gasteiger partial charge on any atom is -0.302 e. The molecule has 1 atom stereocenters. The Morgan fingerprint density at radius 3 is 1.42 bits per heavy atom. The Kier molecular flexibility index (Phi) is 8.74. The molecule has 3 aromatic rings. The van der Waals surface area contributed by atoms with Gasteiger partial charge in [-0.25, -0.2) is 0 Å². The number of rotatable bonds is 8. The zero-order valence-corrected chi connectivity index (χ0v) is 25.7. The van der Waals surface area contributed by atoms with Crippen molar-refractivity contribution in [2.45, 2.75) is 82.1 Å². The molecule has 4 heteroatoms. The van der Waals surface area contributed by atoms with Crippen LogP contribution in [0.1, 0.15) is 93.8 Å². The van der Waals surface area contributed by atoms with Crippen LogP contribution >= 0.6 is 7.14 Å². The Balaban J connectivity index is 2.17. The minimum atomic E-state index is -4.20. The molecule has 3 rings (SSSR count). The highest BCUT2D eigenvalue weighted by molar-refractivity contribution is 8.01. The maximum atomic E-state index is 15.0. The summed E-state index contributed by atoms with van der Waals surface area (Å²) in [6.45, 7) is 20.3. The third-order valence-corrected chi connectivity index (χ3v) is 9.82. The molecule has 0 spiro atoms. The van der Waals surface area contributed by atoms with E-state index in [2.05, 4.69) is 27.7 Å². The van der Waals surface area contributed by atoms with Crippen molar-refractivity contribution >= 4 is 23.5 Å². The van der Waals surface area contributed by atoms with Gasteiger partial charge in [-0.05, 0) is 93.5 Å². The van der Waals surface area contributed by atoms with Crippen LogP contribution in [-0.4, -0.2) is 11.0 Å². The Bertz CT molecular complexity index is 1300. The van der Waals surface area contributed by atoms with E-state index in [4.69, 9.17) is 0 Å². The first kappa shape index (κ1) is 29.8. The lowest BCUT2D eigenvalue weighted by Crippen LogP contribution is -2.23. The lowest BCUT2D eigenvalue weighted by molar-refractivity contribution is 0.104. The molecule has 0 fully saturated rings. The third kappa shape index (κ3) is 6.26. The third-order valence-electron chi connectivity index (χ3n) is 7.20. The van der Waals surface area contributed by atoms with E-state index in [1.807, 2.05) is 77.9 Å². The van der Waals surface area contributed by atoms with Crippen molar-refractivity contribution in [1.82, 2.24) is 0 Å². The molecule has 38 heavy (non-hydrogen) atoms. The molecule has 0 aliphatic carbocycles. The molecule has 0 aliphatic rings. The van der Waals surface area contributed by atoms with E-state index in [0.717, 1.165) is 51.8 Å². The van der Waals surface area contributed by atoms with E-state index in [0.29, 0.717) is 22.3 Å². The van der Waals surface area contributed by atoms with Crippen molar-refractivity contribution in [2.75, 3.05) is 0 Å². The van der Waals surface area contributed by atoms with E-state index in [1.165, 1.54) is 0 Å². The standard InChI is InChI=1S/C34H43O3P/c1-21-15-24(4)30(25(5)16-21)32(35)38(37,33(36)31-26(6)17-22(2)18-27(31)7)29-13-11-28(12-14-29)19-23(3)20-34(8,9)10/h11-18,23H,19-20H2,1-10H3. The summed E-state index contributed by atoms with van der Waals surface area (Å²) in [7, 11) is -4.20. The molecule has 0 aliphatic heterocycles. The summed E-state index contributed by atoms with van der Waals surface area (Å²) in [5, 5.41) is 0.304. The van der Waals surface area contributed by atoms with Crippen LogP contribution in [0, 0.1) is 52.9 Å². The quantitative estimate of drug-likeness (QED) is 0.273. The maximum Gasteiger partial charge on any atom is 0.248 e. The van der Waals surface area contributed by atoms with E-state index >= 15 is 4.57 Å². The number of carbonyl (C=O) groups is 2. The van der Waals surface area contributed by atoms with Gasteiger partial charge in [-0.2, -0.15) is 0 Å². The van der Waals surface area contributed by atoms with E-state index < -0.39 is 18.2 Å². The van der Waals surface area contributed by atoms with Crippen molar-refractivity contribution in [3.8, 4) is 0 Å². The summed E-state index contributed by atoms with van der Waals surface area (Å²) < 4.78 is 15.0. The fraction of sp³-hybridized carbons (Fsp3) is 0.412. The molecule has 0 bridgehead atoms. The van der Waals surface area contributed by atoms with Crippen LogP contribution in [0.4, 0.5) is 0 Å². The summed E-state index contributed by atoms with van der Waals surface area (Å²) in [5.74, 6) is 0.478. The molecule has 3 nitrogen and oxygen atoms in total. The van der Waals surface area contributed by atoms with Crippen molar-refractivity contribution in [2.24, 2.45) is 11.3 Å². The number of carbonyl (C=O) groups excluding carboxylic acids is 2. The summed E-state index contributed by atoms with van der Waals surface area (Å²) in [4.78, 5) is 28.5. The largest absolute Gasteiger partial charge is 0.302 e. The summed E-state index contributed by atoms with van der Waals surface area (Å²) in [6, 6.07) is 15.0. The van der Waals surface area contributed by atoms with Crippen LogP contribution < -0.4 is 5.30 Å². The van der Waals surface area contributed by atoms with Gasteiger partial charge >= 0.3 is 0 Å². The highest BCUT2D eigenvalue weighted by atomic mass is 31.2. The van der Waals surface area contributed by atoms with Gasteiger partial charge in [0.2, 0.25) is 18.2 Å². The van der Waals surface area contributed by atoms with E-state index in [-0.39, 0.29) is 5.41 Å². The van der Waals surface area contributed by atoms with Gasteiger partial charge in [-0.3, -0.25) is 9.59 Å². The van der Waals surface area contributed by atoms with Crippen molar-refractivity contribution in [1.29, 1.82) is 0 Å². The topological polar surface area (TPSA) is 51.2 Å². The van der Waals surface area contributed by atoms with Gasteiger partial charge in [0.05, 0.1) is 0 Å². The molecule has 202 valence electrons. The van der Waals surface area contributed by atoms with Crippen LogP contribution in [0.25, 0.3) is 0 Å². The number of aryl methyl sites for hydroxylation is 6. The normalized spacial score (nSPS) is 12.9. The first-order valence-corrected chi connectivity index (χ1v) is 15.2. The maximum absolute atomic E-state index is 15.0. The SMILES string of the molecule is Cc1cc(C)c(C(=O)P(=O)(C(=O)c2c(C)cc(C)cc2C)c2ccc(CC(C)CC(C)(C)C)cc2)c(C)c1. The van der Waals surface area contributed by atoms with Crippen LogP contribution in [-0.2, 0) is 11.0 Å². The molecule has 0 radical (unpaired) electrons. The molecule has 0 amide bonds. The Morgan fingerprint density at radius 2 is 1.08 bits per heavy atom. The molecule has 3 aromatic carbocycles. The van der Waals surface area contributed by atoms with Gasteiger partial charge in [0, 0.05) is 16.4 Å². The highest BCUT2D eigenvalue weighted by Gasteiger charge is 2.44. The van der Waals surface area contributed by atoms with E-state index in [1.54, 1.807) is 12.1 Å². The van der Waals surface area contributed by atoms with Gasteiger partial charge < -0.3 is 4.57 Å². The molecule has 0 heterocycles. The number of hydrogen-bond acceptors (Lipinski definition) is 3. The average Bonchev–Trinajstić information content (AvgIpc) is 2.76. The summed E-state index contributed by atoms with van der Waals surface area (Å²) in [6.07, 6.45) is 1.97. The highest BCUT2D eigenvalue weighted by Crippen LogP contribution is 2.52. The second-order valence-corrected chi connectivity index (χ2v) is 15.1. The predicted molar refractivity (Wildman–Crippen MR) is 161 cm³/mol. The molecule has 0 saturated heterocycles. The zero-order chi connectivity index (χ0) is 28.6. The molecule has 0 N–H and O–H groups in total. The second kappa shape index (κ2) is 11.1. The minimum absolute atomic E-state index is 0.238. The molecule has 1 unspecified atom stereocenters. The van der Waals surface area contributed by atoms with Crippen molar-refractivity contribution in [3.05, 3.63) is 98.6 Å². The summed E-state index contributed by atoms with van der Waals surface area (Å²) in [5.41, 5.74) is 5.98. The molecule has 0 saturated carbocycles. The van der Waals surface area contributed by atoms with Crippen molar-refractivity contribution in [3.63, 3.8) is 0 Å². The average molecular weight is 531 g/mol. The molecular formula is C34H43O3P. The lowest BCUT2D eigenvalue weighted by atomic mass is 9.83. The van der Waals surface area contributed by atoms with E-state index in [9.17, 15) is 9.59 Å². The van der Waals surface area contributed by atoms with Crippen LogP contribution in [0.3, 0.4) is 0 Å². The van der Waals surface area contributed by atoms with Crippen LogP contribution in [0.15, 0.2) is 48.5 Å². The fourth-order valence-corrected chi connectivity index (χ4v) is 8.60. The van der Waals surface area contributed by atoms with Crippen molar-refractivity contribution < 1.29 is 14.2 Å². The Labute approximate surface area is 229 Å².